The molecule has 0 saturated carbocycles. The lowest BCUT2D eigenvalue weighted by atomic mass is 10.1. The van der Waals surface area contributed by atoms with E-state index < -0.39 is 5.97 Å². The quantitative estimate of drug-likeness (QED) is 0.677. The van der Waals surface area contributed by atoms with Gasteiger partial charge in [-0.1, -0.05) is 47.6 Å². The summed E-state index contributed by atoms with van der Waals surface area (Å²) in [6, 6.07) is 15.1. The van der Waals surface area contributed by atoms with E-state index in [0.717, 1.165) is 5.56 Å². The number of hydrogen-bond acceptors (Lipinski definition) is 5. The third-order valence-corrected chi connectivity index (χ3v) is 3.09. The maximum atomic E-state index is 13.0. The SMILES string of the molecule is O=C(Cc1cccc(F)c1)OCc1nc(-c2ccccc2)no1. The van der Waals surface area contributed by atoms with Gasteiger partial charge < -0.3 is 9.26 Å². The van der Waals surface area contributed by atoms with Crippen LogP contribution in [0.1, 0.15) is 11.5 Å². The Hall–Kier alpha value is -3.02. The third kappa shape index (κ3) is 4.00. The van der Waals surface area contributed by atoms with Crippen molar-refractivity contribution < 1.29 is 18.4 Å². The van der Waals surface area contributed by atoms with E-state index in [1.54, 1.807) is 12.1 Å². The molecule has 3 rings (SSSR count). The highest BCUT2D eigenvalue weighted by molar-refractivity contribution is 5.72. The van der Waals surface area contributed by atoms with Gasteiger partial charge in [-0.25, -0.2) is 4.39 Å². The average Bonchev–Trinajstić information content (AvgIpc) is 3.03. The van der Waals surface area contributed by atoms with Gasteiger partial charge in [-0.15, -0.1) is 0 Å². The number of carbonyl (C=O) groups is 1. The van der Waals surface area contributed by atoms with E-state index in [4.69, 9.17) is 9.26 Å². The maximum Gasteiger partial charge on any atom is 0.310 e. The second kappa shape index (κ2) is 6.83. The fourth-order valence-electron chi connectivity index (χ4n) is 2.02. The van der Waals surface area contributed by atoms with E-state index in [0.29, 0.717) is 11.4 Å². The Morgan fingerprint density at radius 3 is 2.74 bits per heavy atom. The van der Waals surface area contributed by atoms with Crippen molar-refractivity contribution in [1.29, 1.82) is 0 Å². The number of nitrogens with zero attached hydrogens (tertiary/aromatic N) is 2. The van der Waals surface area contributed by atoms with Gasteiger partial charge in [0.05, 0.1) is 6.42 Å². The summed E-state index contributed by atoms with van der Waals surface area (Å²) in [5, 5.41) is 3.83. The van der Waals surface area contributed by atoms with Crippen molar-refractivity contribution in [3.8, 4) is 11.4 Å². The van der Waals surface area contributed by atoms with Gasteiger partial charge in [0.25, 0.3) is 5.89 Å². The van der Waals surface area contributed by atoms with Crippen LogP contribution in [0.2, 0.25) is 0 Å². The summed E-state index contributed by atoms with van der Waals surface area (Å²) in [4.78, 5) is 15.9. The highest BCUT2D eigenvalue weighted by Gasteiger charge is 2.11. The number of hydrogen-bond donors (Lipinski definition) is 0. The first-order chi connectivity index (χ1) is 11.2. The molecule has 23 heavy (non-hydrogen) atoms. The van der Waals surface area contributed by atoms with Crippen molar-refractivity contribution in [2.75, 3.05) is 0 Å². The first-order valence-corrected chi connectivity index (χ1v) is 6.99. The monoisotopic (exact) mass is 312 g/mol. The van der Waals surface area contributed by atoms with E-state index in [1.165, 1.54) is 12.1 Å². The molecule has 0 aliphatic heterocycles. The van der Waals surface area contributed by atoms with Crippen LogP contribution in [0.15, 0.2) is 59.1 Å². The summed E-state index contributed by atoms with van der Waals surface area (Å²) >= 11 is 0. The van der Waals surface area contributed by atoms with Gasteiger partial charge in [0.15, 0.2) is 6.61 Å². The fourth-order valence-corrected chi connectivity index (χ4v) is 2.02. The van der Waals surface area contributed by atoms with E-state index >= 15 is 0 Å². The summed E-state index contributed by atoms with van der Waals surface area (Å²) in [5.41, 5.74) is 1.36. The van der Waals surface area contributed by atoms with Crippen molar-refractivity contribution in [3.05, 3.63) is 71.9 Å². The number of aromatic nitrogens is 2. The van der Waals surface area contributed by atoms with Gasteiger partial charge >= 0.3 is 5.97 Å². The van der Waals surface area contributed by atoms with Crippen molar-refractivity contribution in [1.82, 2.24) is 10.1 Å². The summed E-state index contributed by atoms with van der Waals surface area (Å²) in [6.45, 7) is -0.117. The fraction of sp³-hybridized carbons (Fsp3) is 0.118. The predicted molar refractivity (Wildman–Crippen MR) is 79.6 cm³/mol. The molecule has 0 unspecified atom stereocenters. The van der Waals surface area contributed by atoms with Crippen LogP contribution in [-0.4, -0.2) is 16.1 Å². The van der Waals surface area contributed by atoms with Crippen LogP contribution in [0, 0.1) is 5.82 Å². The van der Waals surface area contributed by atoms with Gasteiger partial charge in [-0.05, 0) is 17.7 Å². The molecule has 0 fully saturated rings. The molecule has 2 aromatic carbocycles. The highest BCUT2D eigenvalue weighted by Crippen LogP contribution is 2.15. The Morgan fingerprint density at radius 1 is 1.13 bits per heavy atom. The first kappa shape index (κ1) is 14.9. The molecular formula is C17H13FN2O3. The summed E-state index contributed by atoms with van der Waals surface area (Å²) < 4.78 is 23.2. The van der Waals surface area contributed by atoms with E-state index in [2.05, 4.69) is 10.1 Å². The summed E-state index contributed by atoms with van der Waals surface area (Å²) in [6.07, 6.45) is -0.0164. The molecule has 0 radical (unpaired) electrons. The smallest absolute Gasteiger partial charge is 0.310 e. The van der Waals surface area contributed by atoms with Crippen molar-refractivity contribution in [3.63, 3.8) is 0 Å². The Bertz CT molecular complexity index is 802. The van der Waals surface area contributed by atoms with Gasteiger partial charge in [0.1, 0.15) is 5.82 Å². The Labute approximate surface area is 131 Å². The van der Waals surface area contributed by atoms with Crippen molar-refractivity contribution in [2.45, 2.75) is 13.0 Å². The molecule has 0 saturated heterocycles. The predicted octanol–water partition coefficient (Wildman–Crippen LogP) is 3.16. The molecule has 0 aliphatic carbocycles. The average molecular weight is 312 g/mol. The van der Waals surface area contributed by atoms with Gasteiger partial charge in [-0.2, -0.15) is 4.98 Å². The minimum atomic E-state index is -0.491. The Morgan fingerprint density at radius 2 is 1.96 bits per heavy atom. The van der Waals surface area contributed by atoms with Crippen LogP contribution in [0.25, 0.3) is 11.4 Å². The van der Waals surface area contributed by atoms with Crippen LogP contribution in [-0.2, 0) is 22.6 Å². The molecule has 1 heterocycles. The van der Waals surface area contributed by atoms with Gasteiger partial charge in [0.2, 0.25) is 5.82 Å². The van der Waals surface area contributed by atoms with Crippen LogP contribution in [0.3, 0.4) is 0 Å². The minimum absolute atomic E-state index is 0.0164. The number of rotatable bonds is 5. The van der Waals surface area contributed by atoms with E-state index in [1.807, 2.05) is 30.3 Å². The van der Waals surface area contributed by atoms with Gasteiger partial charge in [0, 0.05) is 5.56 Å². The lowest BCUT2D eigenvalue weighted by molar-refractivity contribution is -0.144. The lowest BCUT2D eigenvalue weighted by Gasteiger charge is -2.02. The topological polar surface area (TPSA) is 65.2 Å². The second-order valence-corrected chi connectivity index (χ2v) is 4.85. The third-order valence-electron chi connectivity index (χ3n) is 3.09. The molecule has 0 bridgehead atoms. The van der Waals surface area contributed by atoms with E-state index in [-0.39, 0.29) is 24.7 Å². The summed E-state index contributed by atoms with van der Waals surface area (Å²) in [5.74, 6) is -0.243. The van der Waals surface area contributed by atoms with Crippen LogP contribution < -0.4 is 0 Å². The minimum Gasteiger partial charge on any atom is -0.455 e. The number of ether oxygens (including phenoxy) is 1. The zero-order valence-electron chi connectivity index (χ0n) is 12.1. The molecule has 0 amide bonds. The Balaban J connectivity index is 1.56. The molecule has 0 atom stereocenters. The van der Waals surface area contributed by atoms with Crippen LogP contribution >= 0.6 is 0 Å². The molecule has 5 nitrogen and oxygen atoms in total. The standard InChI is InChI=1S/C17H13FN2O3/c18-14-8-4-5-12(9-14)10-16(21)22-11-15-19-17(20-23-15)13-6-2-1-3-7-13/h1-9H,10-11H2. The molecule has 0 N–H and O–H groups in total. The molecule has 3 aromatic rings. The maximum absolute atomic E-state index is 13.0. The normalized spacial score (nSPS) is 10.5. The molecule has 0 spiro atoms. The van der Waals surface area contributed by atoms with E-state index in [9.17, 15) is 9.18 Å². The number of carbonyl (C=O) groups excluding carboxylic acids is 1. The summed E-state index contributed by atoms with van der Waals surface area (Å²) in [7, 11) is 0. The second-order valence-electron chi connectivity index (χ2n) is 4.85. The number of halogens is 1. The molecule has 1 aromatic heterocycles. The number of benzene rings is 2. The van der Waals surface area contributed by atoms with Gasteiger partial charge in [-0.3, -0.25) is 4.79 Å². The zero-order chi connectivity index (χ0) is 16.1. The largest absolute Gasteiger partial charge is 0.455 e. The molecule has 0 aliphatic rings. The number of esters is 1. The first-order valence-electron chi connectivity index (χ1n) is 6.99. The molecular weight excluding hydrogens is 299 g/mol. The Kier molecular flexibility index (Phi) is 4.42. The lowest BCUT2D eigenvalue weighted by Crippen LogP contribution is -2.08. The molecule has 116 valence electrons. The van der Waals surface area contributed by atoms with Crippen molar-refractivity contribution >= 4 is 5.97 Å². The van der Waals surface area contributed by atoms with Crippen LogP contribution in [0.5, 0.6) is 0 Å². The highest BCUT2D eigenvalue weighted by atomic mass is 19.1. The van der Waals surface area contributed by atoms with Crippen LogP contribution in [0.4, 0.5) is 4.39 Å². The zero-order valence-corrected chi connectivity index (χ0v) is 12.1. The molecule has 6 heteroatoms. The van der Waals surface area contributed by atoms with Crippen molar-refractivity contribution in [2.24, 2.45) is 0 Å².